The van der Waals surface area contributed by atoms with Crippen molar-refractivity contribution in [3.8, 4) is 5.75 Å². The SMILES string of the molecule is COc1ccc(C)cc1N(CC(=O)N(Cc1c(Cl)cccc1Cl)[C@@H](C)C(=O)NC1CCCC1)S(=O)(=O)c1ccccc1. The molecule has 2 amide bonds. The van der Waals surface area contributed by atoms with E-state index in [0.717, 1.165) is 35.6 Å². The van der Waals surface area contributed by atoms with E-state index in [1.807, 2.05) is 6.92 Å². The van der Waals surface area contributed by atoms with Gasteiger partial charge in [0.2, 0.25) is 11.8 Å². The maximum atomic E-state index is 14.2. The zero-order valence-corrected chi connectivity index (χ0v) is 26.2. The lowest BCUT2D eigenvalue weighted by atomic mass is 10.1. The molecule has 0 radical (unpaired) electrons. The van der Waals surface area contributed by atoms with E-state index in [1.165, 1.54) is 24.1 Å². The molecule has 11 heteroatoms. The minimum Gasteiger partial charge on any atom is -0.495 e. The summed E-state index contributed by atoms with van der Waals surface area (Å²) in [6.07, 6.45) is 3.81. The summed E-state index contributed by atoms with van der Waals surface area (Å²) in [4.78, 5) is 28.9. The summed E-state index contributed by atoms with van der Waals surface area (Å²) < 4.78 is 34.6. The van der Waals surface area contributed by atoms with Gasteiger partial charge in [-0.15, -0.1) is 0 Å². The number of carbonyl (C=O) groups excluding carboxylic acids is 2. The Morgan fingerprint density at radius 3 is 2.26 bits per heavy atom. The fourth-order valence-corrected chi connectivity index (χ4v) is 7.01. The third kappa shape index (κ3) is 7.19. The second-order valence-electron chi connectivity index (χ2n) is 10.4. The van der Waals surface area contributed by atoms with Gasteiger partial charge in [-0.25, -0.2) is 8.42 Å². The number of anilines is 1. The molecule has 0 spiro atoms. The molecular formula is C31H35Cl2N3O5S. The number of nitrogens with zero attached hydrogens (tertiary/aromatic N) is 2. The molecule has 42 heavy (non-hydrogen) atoms. The van der Waals surface area contributed by atoms with Gasteiger partial charge in [-0.1, -0.05) is 66.4 Å². The van der Waals surface area contributed by atoms with Gasteiger partial charge in [-0.05, 0) is 68.7 Å². The number of hydrogen-bond donors (Lipinski definition) is 1. The van der Waals surface area contributed by atoms with Gasteiger partial charge in [0.15, 0.2) is 0 Å². The van der Waals surface area contributed by atoms with Crippen molar-refractivity contribution in [1.82, 2.24) is 10.2 Å². The van der Waals surface area contributed by atoms with Gasteiger partial charge in [-0.2, -0.15) is 0 Å². The Balaban J connectivity index is 1.76. The lowest BCUT2D eigenvalue weighted by molar-refractivity contribution is -0.139. The van der Waals surface area contributed by atoms with E-state index in [4.69, 9.17) is 27.9 Å². The lowest BCUT2D eigenvalue weighted by Gasteiger charge is -2.33. The fourth-order valence-electron chi connectivity index (χ4n) is 5.06. The molecule has 1 saturated carbocycles. The number of ether oxygens (including phenoxy) is 1. The van der Waals surface area contributed by atoms with E-state index in [1.54, 1.807) is 61.5 Å². The Labute approximate surface area is 257 Å². The molecule has 224 valence electrons. The normalized spacial score (nSPS) is 14.3. The highest BCUT2D eigenvalue weighted by Crippen LogP contribution is 2.34. The van der Waals surface area contributed by atoms with Crippen LogP contribution in [0.5, 0.6) is 5.75 Å². The Kier molecular flexibility index (Phi) is 10.4. The number of amides is 2. The number of hydrogen-bond acceptors (Lipinski definition) is 5. The zero-order chi connectivity index (χ0) is 30.4. The predicted molar refractivity (Wildman–Crippen MR) is 166 cm³/mol. The van der Waals surface area contributed by atoms with E-state index in [-0.39, 0.29) is 34.8 Å². The maximum Gasteiger partial charge on any atom is 0.264 e. The number of halogens is 2. The van der Waals surface area contributed by atoms with Crippen molar-refractivity contribution in [1.29, 1.82) is 0 Å². The summed E-state index contributed by atoms with van der Waals surface area (Å²) >= 11 is 12.9. The van der Waals surface area contributed by atoms with Crippen LogP contribution in [0.4, 0.5) is 5.69 Å². The molecule has 1 fully saturated rings. The molecule has 1 N–H and O–H groups in total. The molecule has 3 aromatic rings. The molecule has 1 aliphatic carbocycles. The third-order valence-electron chi connectivity index (χ3n) is 7.47. The highest BCUT2D eigenvalue weighted by Gasteiger charge is 2.35. The first-order valence-corrected chi connectivity index (χ1v) is 16.0. The molecule has 1 atom stereocenters. The number of nitrogens with one attached hydrogen (secondary N) is 1. The van der Waals surface area contributed by atoms with Gasteiger partial charge in [0.1, 0.15) is 18.3 Å². The highest BCUT2D eigenvalue weighted by atomic mass is 35.5. The van der Waals surface area contributed by atoms with Crippen molar-refractivity contribution < 1.29 is 22.7 Å². The Bertz CT molecular complexity index is 1510. The molecular weight excluding hydrogens is 597 g/mol. The van der Waals surface area contributed by atoms with Crippen LogP contribution in [0.1, 0.15) is 43.7 Å². The maximum absolute atomic E-state index is 14.2. The van der Waals surface area contributed by atoms with Crippen molar-refractivity contribution in [2.24, 2.45) is 0 Å². The van der Waals surface area contributed by atoms with Gasteiger partial charge in [-0.3, -0.25) is 13.9 Å². The minimum absolute atomic E-state index is 0.00841. The van der Waals surface area contributed by atoms with E-state index in [9.17, 15) is 18.0 Å². The summed E-state index contributed by atoms with van der Waals surface area (Å²) in [7, 11) is -2.80. The number of aryl methyl sites for hydroxylation is 1. The molecule has 0 bridgehead atoms. The van der Waals surface area contributed by atoms with E-state index in [0.29, 0.717) is 15.6 Å². The monoisotopic (exact) mass is 631 g/mol. The van der Waals surface area contributed by atoms with Crippen LogP contribution in [0.3, 0.4) is 0 Å². The van der Waals surface area contributed by atoms with Crippen LogP contribution in [0.2, 0.25) is 10.0 Å². The molecule has 8 nitrogen and oxygen atoms in total. The highest BCUT2D eigenvalue weighted by molar-refractivity contribution is 7.92. The van der Waals surface area contributed by atoms with Crippen molar-refractivity contribution in [2.75, 3.05) is 18.0 Å². The Morgan fingerprint density at radius 1 is 1.00 bits per heavy atom. The van der Waals surface area contributed by atoms with Gasteiger partial charge in [0.25, 0.3) is 10.0 Å². The lowest BCUT2D eigenvalue weighted by Crippen LogP contribution is -2.52. The molecule has 4 rings (SSSR count). The molecule has 0 heterocycles. The van der Waals surface area contributed by atoms with Crippen molar-refractivity contribution in [3.05, 3.63) is 87.9 Å². The average molecular weight is 633 g/mol. The fraction of sp³-hybridized carbons (Fsp3) is 0.355. The summed E-state index contributed by atoms with van der Waals surface area (Å²) in [6.45, 7) is 2.75. The Hall–Kier alpha value is -3.27. The van der Waals surface area contributed by atoms with Crippen LogP contribution < -0.4 is 14.4 Å². The molecule has 0 saturated heterocycles. The number of rotatable bonds is 11. The standard InChI is InChI=1S/C31H35Cl2N3O5S/c1-21-16-17-29(41-3)28(18-21)36(42(39,40)24-12-5-4-6-13-24)20-30(37)35(19-25-26(32)14-9-15-27(25)33)22(2)31(38)34-23-10-7-8-11-23/h4-6,9,12-18,22-23H,7-8,10-11,19-20H2,1-3H3,(H,34,38)/t22-/m0/s1. The zero-order valence-electron chi connectivity index (χ0n) is 23.8. The number of sulfonamides is 1. The van der Waals surface area contributed by atoms with Crippen molar-refractivity contribution in [3.63, 3.8) is 0 Å². The van der Waals surface area contributed by atoms with E-state index >= 15 is 0 Å². The third-order valence-corrected chi connectivity index (χ3v) is 9.95. The summed E-state index contributed by atoms with van der Waals surface area (Å²) in [6, 6.07) is 17.1. The number of carbonyl (C=O) groups is 2. The van der Waals surface area contributed by atoms with Crippen LogP contribution in [0.25, 0.3) is 0 Å². The van der Waals surface area contributed by atoms with Crippen LogP contribution in [-0.2, 0) is 26.2 Å². The summed E-state index contributed by atoms with van der Waals surface area (Å²) in [5.41, 5.74) is 1.43. The smallest absolute Gasteiger partial charge is 0.264 e. The molecule has 0 aromatic heterocycles. The largest absolute Gasteiger partial charge is 0.495 e. The van der Waals surface area contributed by atoms with E-state index in [2.05, 4.69) is 5.32 Å². The van der Waals surface area contributed by atoms with Gasteiger partial charge in [0.05, 0.1) is 17.7 Å². The second kappa shape index (κ2) is 13.8. The molecule has 1 aliphatic rings. The first kappa shape index (κ1) is 31.7. The quantitative estimate of drug-likeness (QED) is 0.281. The predicted octanol–water partition coefficient (Wildman–Crippen LogP) is 5.98. The van der Waals surface area contributed by atoms with Crippen LogP contribution in [0, 0.1) is 6.92 Å². The molecule has 0 unspecified atom stereocenters. The Morgan fingerprint density at radius 2 is 1.64 bits per heavy atom. The number of benzene rings is 3. The van der Waals surface area contributed by atoms with Crippen molar-refractivity contribution in [2.45, 2.75) is 63.1 Å². The van der Waals surface area contributed by atoms with Gasteiger partial charge < -0.3 is 15.0 Å². The number of methoxy groups -OCH3 is 1. The average Bonchev–Trinajstić information content (AvgIpc) is 3.48. The van der Waals surface area contributed by atoms with Crippen molar-refractivity contribution >= 4 is 50.7 Å². The van der Waals surface area contributed by atoms with Crippen LogP contribution in [0.15, 0.2) is 71.6 Å². The topological polar surface area (TPSA) is 96.0 Å². The minimum atomic E-state index is -4.23. The first-order chi connectivity index (χ1) is 20.0. The van der Waals surface area contributed by atoms with E-state index < -0.39 is 28.5 Å². The van der Waals surface area contributed by atoms with Crippen LogP contribution in [-0.4, -0.2) is 50.9 Å². The van der Waals surface area contributed by atoms with Crippen LogP contribution >= 0.6 is 23.2 Å². The summed E-state index contributed by atoms with van der Waals surface area (Å²) in [5.74, 6) is -0.659. The first-order valence-electron chi connectivity index (χ1n) is 13.8. The molecule has 3 aromatic carbocycles. The molecule has 0 aliphatic heterocycles. The summed E-state index contributed by atoms with van der Waals surface area (Å²) in [5, 5.41) is 3.71. The van der Waals surface area contributed by atoms with Gasteiger partial charge >= 0.3 is 0 Å². The second-order valence-corrected chi connectivity index (χ2v) is 13.1. The van der Waals surface area contributed by atoms with Gasteiger partial charge in [0, 0.05) is 28.2 Å².